The van der Waals surface area contributed by atoms with Gasteiger partial charge < -0.3 is 15.2 Å². The second kappa shape index (κ2) is 4.23. The Morgan fingerprint density at radius 2 is 2.37 bits per heavy atom. The van der Waals surface area contributed by atoms with Gasteiger partial charge in [-0.05, 0) is 6.08 Å². The number of carbonyl (C=O) groups is 1. The molecule has 1 aliphatic heterocycles. The summed E-state index contributed by atoms with van der Waals surface area (Å²) in [5.41, 5.74) is 6.79. The lowest BCUT2D eigenvalue weighted by Crippen LogP contribution is -2.11. The normalized spacial score (nSPS) is 18.2. The van der Waals surface area contributed by atoms with Gasteiger partial charge >= 0.3 is 5.97 Å². The van der Waals surface area contributed by atoms with Crippen molar-refractivity contribution in [1.29, 1.82) is 0 Å². The van der Waals surface area contributed by atoms with Gasteiger partial charge in [0, 0.05) is 6.42 Å². The molecule has 0 spiro atoms. The molecule has 8 nitrogen and oxygen atoms in total. The topological polar surface area (TPSA) is 105 Å². The van der Waals surface area contributed by atoms with E-state index < -0.39 is 5.97 Å². The fourth-order valence-electron chi connectivity index (χ4n) is 1.93. The Balaban J connectivity index is 1.92. The zero-order valence-electron chi connectivity index (χ0n) is 10.1. The molecule has 0 saturated carbocycles. The van der Waals surface area contributed by atoms with Crippen LogP contribution in [0.15, 0.2) is 24.5 Å². The molecule has 1 aliphatic rings. The van der Waals surface area contributed by atoms with Crippen LogP contribution in [0.5, 0.6) is 0 Å². The minimum atomic E-state index is -0.499. The van der Waals surface area contributed by atoms with Crippen molar-refractivity contribution in [2.75, 3.05) is 12.8 Å². The first-order valence-electron chi connectivity index (χ1n) is 5.59. The third-order valence-electron chi connectivity index (χ3n) is 2.85. The van der Waals surface area contributed by atoms with Gasteiger partial charge in [-0.1, -0.05) is 0 Å². The van der Waals surface area contributed by atoms with Crippen molar-refractivity contribution in [3.8, 4) is 0 Å². The van der Waals surface area contributed by atoms with Crippen molar-refractivity contribution in [2.45, 2.75) is 12.6 Å². The number of aromatic nitrogens is 4. The molecular formula is C11H11N5O3. The summed E-state index contributed by atoms with van der Waals surface area (Å²) in [6, 6.07) is 0. The van der Waals surface area contributed by atoms with Crippen LogP contribution in [0.4, 0.5) is 5.82 Å². The number of rotatable bonds is 2. The molecule has 1 unspecified atom stereocenters. The summed E-state index contributed by atoms with van der Waals surface area (Å²) in [7, 11) is 1.31. The maximum atomic E-state index is 11.4. The molecule has 0 bridgehead atoms. The van der Waals surface area contributed by atoms with E-state index in [4.69, 9.17) is 10.5 Å². The summed E-state index contributed by atoms with van der Waals surface area (Å²) in [5.74, 6) is 0.000311. The lowest BCUT2D eigenvalue weighted by molar-refractivity contribution is -0.141. The van der Waals surface area contributed by atoms with Gasteiger partial charge in [-0.2, -0.15) is 0 Å². The van der Waals surface area contributed by atoms with Crippen LogP contribution >= 0.6 is 0 Å². The van der Waals surface area contributed by atoms with Gasteiger partial charge in [0.2, 0.25) is 5.76 Å². The Hall–Kier alpha value is -2.64. The lowest BCUT2D eigenvalue weighted by Gasteiger charge is -2.13. The molecule has 19 heavy (non-hydrogen) atoms. The number of fused-ring (bicyclic) bond motifs is 1. The largest absolute Gasteiger partial charge is 0.463 e. The lowest BCUT2D eigenvalue weighted by atomic mass is 10.3. The van der Waals surface area contributed by atoms with Gasteiger partial charge in [0.25, 0.3) is 0 Å². The van der Waals surface area contributed by atoms with Crippen LogP contribution in [0.1, 0.15) is 12.6 Å². The first-order valence-corrected chi connectivity index (χ1v) is 5.59. The Bertz CT molecular complexity index is 678. The minimum Gasteiger partial charge on any atom is -0.463 e. The summed E-state index contributed by atoms with van der Waals surface area (Å²) in [5, 5.41) is 0. The number of methoxy groups -OCH3 is 1. The highest BCUT2D eigenvalue weighted by Gasteiger charge is 2.26. The summed E-state index contributed by atoms with van der Waals surface area (Å²) < 4.78 is 11.8. The monoisotopic (exact) mass is 261 g/mol. The highest BCUT2D eigenvalue weighted by atomic mass is 16.6. The molecule has 0 saturated heterocycles. The summed E-state index contributed by atoms with van der Waals surface area (Å²) in [4.78, 5) is 23.5. The second-order valence-electron chi connectivity index (χ2n) is 3.95. The van der Waals surface area contributed by atoms with Crippen LogP contribution in [-0.4, -0.2) is 32.6 Å². The van der Waals surface area contributed by atoms with E-state index in [0.29, 0.717) is 23.4 Å². The van der Waals surface area contributed by atoms with Crippen molar-refractivity contribution in [3.63, 3.8) is 0 Å². The number of imidazole rings is 1. The smallest absolute Gasteiger partial charge is 0.373 e. The highest BCUT2D eigenvalue weighted by Crippen LogP contribution is 2.29. The minimum absolute atomic E-state index is 0.191. The van der Waals surface area contributed by atoms with Crippen molar-refractivity contribution >= 4 is 23.0 Å². The number of ether oxygens (including phenoxy) is 2. The molecular weight excluding hydrogens is 250 g/mol. The summed E-state index contributed by atoms with van der Waals surface area (Å²) in [6.45, 7) is 0. The number of hydrogen-bond donors (Lipinski definition) is 1. The van der Waals surface area contributed by atoms with Crippen LogP contribution in [0.3, 0.4) is 0 Å². The fourth-order valence-corrected chi connectivity index (χ4v) is 1.93. The molecule has 1 atom stereocenters. The standard InChI is InChI=1S/C11H11N5O3/c1-18-11(17)6-2-3-7(19-6)16-5-15-8-9(12)13-4-14-10(8)16/h2,4-5,7H,3H2,1H3,(H2,12,13,14). The number of esters is 1. The van der Waals surface area contributed by atoms with Crippen molar-refractivity contribution < 1.29 is 14.3 Å². The van der Waals surface area contributed by atoms with E-state index in [1.807, 2.05) is 0 Å². The van der Waals surface area contributed by atoms with E-state index in [-0.39, 0.29) is 12.0 Å². The molecule has 3 rings (SSSR count). The quantitative estimate of drug-likeness (QED) is 0.779. The number of nitrogens with zero attached hydrogens (tertiary/aromatic N) is 4. The van der Waals surface area contributed by atoms with Gasteiger partial charge in [-0.3, -0.25) is 4.57 Å². The summed E-state index contributed by atoms with van der Waals surface area (Å²) >= 11 is 0. The molecule has 3 heterocycles. The molecule has 0 aromatic carbocycles. The van der Waals surface area contributed by atoms with Gasteiger partial charge in [-0.25, -0.2) is 19.7 Å². The van der Waals surface area contributed by atoms with Crippen LogP contribution in [0, 0.1) is 0 Å². The van der Waals surface area contributed by atoms with Crippen molar-refractivity contribution in [1.82, 2.24) is 19.5 Å². The Labute approximate surface area is 107 Å². The molecule has 2 aromatic rings. The Morgan fingerprint density at radius 1 is 1.53 bits per heavy atom. The average Bonchev–Trinajstić information content (AvgIpc) is 3.04. The van der Waals surface area contributed by atoms with Gasteiger partial charge in [-0.15, -0.1) is 0 Å². The molecule has 8 heteroatoms. The maximum absolute atomic E-state index is 11.4. The van der Waals surface area contributed by atoms with Gasteiger partial charge in [0.15, 0.2) is 17.7 Å². The molecule has 0 radical (unpaired) electrons. The average molecular weight is 261 g/mol. The Kier molecular flexibility index (Phi) is 2.55. The molecule has 0 fully saturated rings. The van der Waals surface area contributed by atoms with Crippen LogP contribution < -0.4 is 5.73 Å². The highest BCUT2D eigenvalue weighted by molar-refractivity contribution is 5.86. The van der Waals surface area contributed by atoms with Gasteiger partial charge in [0.05, 0.1) is 7.11 Å². The third-order valence-corrected chi connectivity index (χ3v) is 2.85. The van der Waals surface area contributed by atoms with Crippen molar-refractivity contribution in [3.05, 3.63) is 24.5 Å². The van der Waals surface area contributed by atoms with Crippen LogP contribution in [0.2, 0.25) is 0 Å². The van der Waals surface area contributed by atoms with Crippen LogP contribution in [0.25, 0.3) is 11.2 Å². The second-order valence-corrected chi connectivity index (χ2v) is 3.95. The van der Waals surface area contributed by atoms with E-state index in [9.17, 15) is 4.79 Å². The zero-order chi connectivity index (χ0) is 13.4. The van der Waals surface area contributed by atoms with E-state index >= 15 is 0 Å². The summed E-state index contributed by atoms with van der Waals surface area (Å²) in [6.07, 6.45) is 4.74. The molecule has 98 valence electrons. The van der Waals surface area contributed by atoms with E-state index in [2.05, 4.69) is 19.7 Å². The van der Waals surface area contributed by atoms with Crippen molar-refractivity contribution in [2.24, 2.45) is 0 Å². The third kappa shape index (κ3) is 1.77. The van der Waals surface area contributed by atoms with E-state index in [1.54, 1.807) is 17.0 Å². The Morgan fingerprint density at radius 3 is 3.16 bits per heavy atom. The molecule has 0 amide bonds. The zero-order valence-corrected chi connectivity index (χ0v) is 10.1. The number of nitrogens with two attached hydrogens (primary N) is 1. The molecule has 2 aromatic heterocycles. The number of nitrogen functional groups attached to an aromatic ring is 1. The number of hydrogen-bond acceptors (Lipinski definition) is 7. The predicted molar refractivity (Wildman–Crippen MR) is 64.6 cm³/mol. The van der Waals surface area contributed by atoms with E-state index in [0.717, 1.165) is 0 Å². The molecule has 2 N–H and O–H groups in total. The first kappa shape index (κ1) is 11.5. The molecule has 0 aliphatic carbocycles. The first-order chi connectivity index (χ1) is 9.20. The van der Waals surface area contributed by atoms with Gasteiger partial charge in [0.1, 0.15) is 18.2 Å². The van der Waals surface area contributed by atoms with Crippen LogP contribution in [-0.2, 0) is 14.3 Å². The van der Waals surface area contributed by atoms with E-state index in [1.165, 1.54) is 13.4 Å². The fraction of sp³-hybridized carbons (Fsp3) is 0.273. The SMILES string of the molecule is COC(=O)C1=CCC(n2cnc3c(N)ncnc32)O1. The number of carbonyl (C=O) groups excluding carboxylic acids is 1. The predicted octanol–water partition coefficient (Wildman–Crippen LogP) is 0.384. The number of anilines is 1. The maximum Gasteiger partial charge on any atom is 0.373 e.